The highest BCUT2D eigenvalue weighted by Gasteiger charge is 2.28. The molecule has 3 aromatic rings. The summed E-state index contributed by atoms with van der Waals surface area (Å²) in [6.45, 7) is 2.53. The van der Waals surface area contributed by atoms with Gasteiger partial charge in [-0.2, -0.15) is 0 Å². The Morgan fingerprint density at radius 2 is 2.10 bits per heavy atom. The van der Waals surface area contributed by atoms with Crippen LogP contribution in [0.25, 0.3) is 16.6 Å². The van der Waals surface area contributed by atoms with Crippen LogP contribution in [0, 0.1) is 6.92 Å². The van der Waals surface area contributed by atoms with Gasteiger partial charge in [0.1, 0.15) is 0 Å². The maximum absolute atomic E-state index is 9.89. The van der Waals surface area contributed by atoms with Crippen molar-refractivity contribution >= 4 is 36.1 Å². The molecule has 0 aliphatic carbocycles. The fourth-order valence-electron chi connectivity index (χ4n) is 2.91. The SMILES string of the molecule is Cc1ccc2c(ccn2-c2cc3c(cc2S)COB3O)c1. The van der Waals surface area contributed by atoms with Crippen molar-refractivity contribution in [2.24, 2.45) is 0 Å². The smallest absolute Gasteiger partial charge is 0.423 e. The second kappa shape index (κ2) is 4.66. The van der Waals surface area contributed by atoms with Gasteiger partial charge in [0.05, 0.1) is 17.8 Å². The van der Waals surface area contributed by atoms with E-state index in [-0.39, 0.29) is 0 Å². The van der Waals surface area contributed by atoms with Crippen LogP contribution >= 0.6 is 12.6 Å². The third-order valence-corrected chi connectivity index (χ3v) is 4.36. The molecule has 104 valence electrons. The Morgan fingerprint density at radius 1 is 1.24 bits per heavy atom. The number of nitrogens with zero attached hydrogens (tertiary/aromatic N) is 1. The fourth-order valence-corrected chi connectivity index (χ4v) is 3.24. The van der Waals surface area contributed by atoms with E-state index in [1.165, 1.54) is 10.9 Å². The Bertz CT molecular complexity index is 859. The van der Waals surface area contributed by atoms with Crippen LogP contribution in [0.2, 0.25) is 0 Å². The Morgan fingerprint density at radius 3 is 2.95 bits per heavy atom. The first-order valence-electron chi connectivity index (χ1n) is 6.87. The molecule has 0 bridgehead atoms. The zero-order chi connectivity index (χ0) is 14.6. The summed E-state index contributed by atoms with van der Waals surface area (Å²) in [6.07, 6.45) is 2.04. The summed E-state index contributed by atoms with van der Waals surface area (Å²) < 4.78 is 7.37. The molecule has 4 rings (SSSR count). The van der Waals surface area contributed by atoms with E-state index in [0.717, 1.165) is 27.1 Å². The molecule has 0 fully saturated rings. The van der Waals surface area contributed by atoms with Crippen LogP contribution < -0.4 is 5.46 Å². The van der Waals surface area contributed by atoms with Gasteiger partial charge in [-0.3, -0.25) is 0 Å². The largest absolute Gasteiger partial charge is 0.491 e. The first kappa shape index (κ1) is 13.0. The van der Waals surface area contributed by atoms with Crippen LogP contribution in [-0.2, 0) is 11.3 Å². The van der Waals surface area contributed by atoms with Crippen LogP contribution in [-0.4, -0.2) is 16.7 Å². The molecule has 3 nitrogen and oxygen atoms in total. The van der Waals surface area contributed by atoms with Gasteiger partial charge >= 0.3 is 7.12 Å². The number of benzene rings is 2. The molecule has 0 unspecified atom stereocenters. The lowest BCUT2D eigenvalue weighted by Crippen LogP contribution is -2.28. The Hall–Kier alpha value is -1.69. The minimum atomic E-state index is -0.836. The van der Waals surface area contributed by atoms with Gasteiger partial charge in [-0.1, -0.05) is 11.6 Å². The summed E-state index contributed by atoms with van der Waals surface area (Å²) in [4.78, 5) is 0.879. The summed E-state index contributed by atoms with van der Waals surface area (Å²) in [5.41, 5.74) is 5.16. The van der Waals surface area contributed by atoms with Gasteiger partial charge in [-0.05, 0) is 48.3 Å². The number of rotatable bonds is 1. The Labute approximate surface area is 128 Å². The van der Waals surface area contributed by atoms with Crippen molar-refractivity contribution in [1.82, 2.24) is 4.57 Å². The van der Waals surface area contributed by atoms with Gasteiger partial charge in [-0.15, -0.1) is 12.6 Å². The summed E-state index contributed by atoms with van der Waals surface area (Å²) in [5.74, 6) is 0. The second-order valence-electron chi connectivity index (χ2n) is 5.45. The minimum Gasteiger partial charge on any atom is -0.423 e. The molecule has 0 saturated carbocycles. The number of aryl methyl sites for hydroxylation is 1. The predicted octanol–water partition coefficient (Wildman–Crippen LogP) is 2.45. The van der Waals surface area contributed by atoms with Crippen LogP contribution in [0.15, 0.2) is 47.5 Å². The van der Waals surface area contributed by atoms with E-state index in [4.69, 9.17) is 4.65 Å². The molecule has 5 heteroatoms. The molecule has 1 aliphatic rings. The average molecular weight is 295 g/mol. The van der Waals surface area contributed by atoms with Crippen molar-refractivity contribution in [2.75, 3.05) is 0 Å². The first-order valence-corrected chi connectivity index (χ1v) is 7.32. The molecule has 21 heavy (non-hydrogen) atoms. The normalized spacial score (nSPS) is 14.0. The molecule has 1 N–H and O–H groups in total. The molecule has 0 amide bonds. The van der Waals surface area contributed by atoms with E-state index >= 15 is 0 Å². The number of hydrogen-bond donors (Lipinski definition) is 2. The highest BCUT2D eigenvalue weighted by molar-refractivity contribution is 7.80. The lowest BCUT2D eigenvalue weighted by molar-refractivity contribution is 0.275. The van der Waals surface area contributed by atoms with E-state index in [1.807, 2.05) is 18.3 Å². The summed E-state index contributed by atoms with van der Waals surface area (Å²) in [7, 11) is -0.836. The topological polar surface area (TPSA) is 34.4 Å². The predicted molar refractivity (Wildman–Crippen MR) is 87.7 cm³/mol. The molecule has 1 aromatic heterocycles. The maximum atomic E-state index is 9.89. The summed E-state index contributed by atoms with van der Waals surface area (Å²) in [6, 6.07) is 12.4. The molecule has 1 aliphatic heterocycles. The van der Waals surface area contributed by atoms with E-state index < -0.39 is 7.12 Å². The van der Waals surface area contributed by atoms with Gasteiger partial charge in [0.2, 0.25) is 0 Å². The number of hydrogen-bond acceptors (Lipinski definition) is 3. The van der Waals surface area contributed by atoms with Crippen LogP contribution in [0.3, 0.4) is 0 Å². The zero-order valence-corrected chi connectivity index (χ0v) is 12.5. The van der Waals surface area contributed by atoms with Gasteiger partial charge in [0.25, 0.3) is 0 Å². The summed E-state index contributed by atoms with van der Waals surface area (Å²) in [5, 5.41) is 11.1. The fraction of sp³-hybridized carbons (Fsp3) is 0.125. The Balaban J connectivity index is 1.95. The lowest BCUT2D eigenvalue weighted by Gasteiger charge is -2.11. The summed E-state index contributed by atoms with van der Waals surface area (Å²) >= 11 is 4.60. The molecule has 0 saturated heterocycles. The lowest BCUT2D eigenvalue weighted by atomic mass is 9.79. The van der Waals surface area contributed by atoms with E-state index in [9.17, 15) is 5.02 Å². The second-order valence-corrected chi connectivity index (χ2v) is 5.93. The molecular formula is C16H14BNO2S. The van der Waals surface area contributed by atoms with Crippen molar-refractivity contribution in [1.29, 1.82) is 0 Å². The Kier molecular flexibility index (Phi) is 2.89. The highest BCUT2D eigenvalue weighted by atomic mass is 32.1. The van der Waals surface area contributed by atoms with E-state index in [0.29, 0.717) is 6.61 Å². The van der Waals surface area contributed by atoms with Crippen molar-refractivity contribution < 1.29 is 9.68 Å². The molecule has 2 aromatic carbocycles. The standard InChI is InChI=1S/C16H14BNO2S/c1-10-2-3-14-11(6-10)4-5-18(14)15-8-13-12(7-16(15)21)9-20-17(13)19/h2-8,19,21H,9H2,1H3. The number of thiol groups is 1. The molecular weight excluding hydrogens is 281 g/mol. The number of aromatic nitrogens is 1. The van der Waals surface area contributed by atoms with Gasteiger partial charge < -0.3 is 14.2 Å². The van der Waals surface area contributed by atoms with Crippen molar-refractivity contribution in [2.45, 2.75) is 18.4 Å². The third kappa shape index (κ3) is 2.00. The maximum Gasteiger partial charge on any atom is 0.491 e. The molecule has 0 radical (unpaired) electrons. The van der Waals surface area contributed by atoms with Crippen LogP contribution in [0.5, 0.6) is 0 Å². The molecule has 2 heterocycles. The van der Waals surface area contributed by atoms with Crippen molar-refractivity contribution in [3.63, 3.8) is 0 Å². The van der Waals surface area contributed by atoms with Crippen LogP contribution in [0.1, 0.15) is 11.1 Å². The van der Waals surface area contributed by atoms with Gasteiger partial charge in [0.15, 0.2) is 0 Å². The van der Waals surface area contributed by atoms with Gasteiger partial charge in [-0.25, -0.2) is 0 Å². The van der Waals surface area contributed by atoms with Gasteiger partial charge in [0, 0.05) is 16.5 Å². The highest BCUT2D eigenvalue weighted by Crippen LogP contribution is 2.27. The average Bonchev–Trinajstić information content (AvgIpc) is 3.02. The van der Waals surface area contributed by atoms with E-state index in [2.05, 4.69) is 48.4 Å². The monoisotopic (exact) mass is 295 g/mol. The number of fused-ring (bicyclic) bond motifs is 2. The third-order valence-electron chi connectivity index (χ3n) is 4.00. The first-order chi connectivity index (χ1) is 10.1. The van der Waals surface area contributed by atoms with E-state index in [1.54, 1.807) is 0 Å². The van der Waals surface area contributed by atoms with Crippen molar-refractivity contribution in [3.05, 3.63) is 53.7 Å². The quantitative estimate of drug-likeness (QED) is 0.534. The van der Waals surface area contributed by atoms with Crippen LogP contribution in [0.4, 0.5) is 0 Å². The molecule has 0 atom stereocenters. The molecule has 0 spiro atoms. The minimum absolute atomic E-state index is 0.440. The zero-order valence-electron chi connectivity index (χ0n) is 11.6. The van der Waals surface area contributed by atoms with Crippen molar-refractivity contribution in [3.8, 4) is 5.69 Å².